The van der Waals surface area contributed by atoms with Gasteiger partial charge in [-0.3, -0.25) is 0 Å². The van der Waals surface area contributed by atoms with Crippen LogP contribution in [-0.2, 0) is 12.8 Å². The standard InChI is InChI=1S/C14H22BrNO/c1-4-5-6-11-9-14(17-3)12(7-10(2)16)8-13(11)15/h8-10H,4-7,16H2,1-3H3. The quantitative estimate of drug-likeness (QED) is 0.869. The third-order valence-corrected chi connectivity index (χ3v) is 3.53. The third kappa shape index (κ3) is 4.32. The second kappa shape index (κ2) is 7.02. The minimum atomic E-state index is 0.150. The molecule has 0 aliphatic rings. The number of aryl methyl sites for hydroxylation is 1. The van der Waals surface area contributed by atoms with Gasteiger partial charge in [-0.25, -0.2) is 0 Å². The Morgan fingerprint density at radius 1 is 1.35 bits per heavy atom. The maximum absolute atomic E-state index is 5.85. The molecular formula is C14H22BrNO. The summed E-state index contributed by atoms with van der Waals surface area (Å²) in [6, 6.07) is 4.43. The number of rotatable bonds is 6. The molecule has 1 atom stereocenters. The lowest BCUT2D eigenvalue weighted by Gasteiger charge is -2.14. The van der Waals surface area contributed by atoms with Gasteiger partial charge in [-0.15, -0.1) is 0 Å². The molecule has 0 fully saturated rings. The van der Waals surface area contributed by atoms with E-state index in [-0.39, 0.29) is 6.04 Å². The molecular weight excluding hydrogens is 278 g/mol. The Bertz CT molecular complexity index is 363. The molecule has 17 heavy (non-hydrogen) atoms. The van der Waals surface area contributed by atoms with Crippen molar-refractivity contribution in [3.05, 3.63) is 27.7 Å². The fourth-order valence-corrected chi connectivity index (χ4v) is 2.48. The van der Waals surface area contributed by atoms with E-state index >= 15 is 0 Å². The van der Waals surface area contributed by atoms with E-state index in [1.54, 1.807) is 7.11 Å². The van der Waals surface area contributed by atoms with Crippen LogP contribution in [0.2, 0.25) is 0 Å². The summed E-state index contributed by atoms with van der Waals surface area (Å²) in [6.07, 6.45) is 4.34. The van der Waals surface area contributed by atoms with E-state index in [0.29, 0.717) is 0 Å². The average Bonchev–Trinajstić information content (AvgIpc) is 2.27. The molecule has 0 aromatic heterocycles. The van der Waals surface area contributed by atoms with Gasteiger partial charge in [0.25, 0.3) is 0 Å². The molecule has 0 bridgehead atoms. The average molecular weight is 300 g/mol. The Kier molecular flexibility index (Phi) is 6.00. The molecule has 0 spiro atoms. The Labute approximate surface area is 113 Å². The zero-order chi connectivity index (χ0) is 12.8. The summed E-state index contributed by atoms with van der Waals surface area (Å²) in [5, 5.41) is 0. The van der Waals surface area contributed by atoms with Crippen molar-refractivity contribution < 1.29 is 4.74 Å². The van der Waals surface area contributed by atoms with E-state index in [0.717, 1.165) is 18.6 Å². The van der Waals surface area contributed by atoms with Crippen molar-refractivity contribution in [1.29, 1.82) is 0 Å². The van der Waals surface area contributed by atoms with E-state index < -0.39 is 0 Å². The van der Waals surface area contributed by atoms with Gasteiger partial charge in [0.15, 0.2) is 0 Å². The van der Waals surface area contributed by atoms with Crippen molar-refractivity contribution in [1.82, 2.24) is 0 Å². The summed E-state index contributed by atoms with van der Waals surface area (Å²) in [5.41, 5.74) is 8.34. The second-order valence-electron chi connectivity index (χ2n) is 4.54. The molecule has 3 heteroatoms. The van der Waals surface area contributed by atoms with Crippen LogP contribution in [0.4, 0.5) is 0 Å². The number of nitrogens with two attached hydrogens (primary N) is 1. The number of benzene rings is 1. The zero-order valence-electron chi connectivity index (χ0n) is 10.9. The fourth-order valence-electron chi connectivity index (χ4n) is 1.89. The Morgan fingerprint density at radius 3 is 2.59 bits per heavy atom. The lowest BCUT2D eigenvalue weighted by molar-refractivity contribution is 0.407. The summed E-state index contributed by atoms with van der Waals surface area (Å²) < 4.78 is 6.61. The normalized spacial score (nSPS) is 12.5. The van der Waals surface area contributed by atoms with Crippen LogP contribution in [0.1, 0.15) is 37.8 Å². The molecule has 2 nitrogen and oxygen atoms in total. The Hall–Kier alpha value is -0.540. The van der Waals surface area contributed by atoms with Crippen LogP contribution in [0.15, 0.2) is 16.6 Å². The smallest absolute Gasteiger partial charge is 0.122 e. The number of halogens is 1. The molecule has 1 unspecified atom stereocenters. The van der Waals surface area contributed by atoms with Gasteiger partial charge in [-0.2, -0.15) is 0 Å². The van der Waals surface area contributed by atoms with Crippen molar-refractivity contribution in [2.45, 2.75) is 45.6 Å². The molecule has 1 rings (SSSR count). The largest absolute Gasteiger partial charge is 0.496 e. The Morgan fingerprint density at radius 2 is 2.06 bits per heavy atom. The number of ether oxygens (including phenoxy) is 1. The highest BCUT2D eigenvalue weighted by molar-refractivity contribution is 9.10. The first-order valence-corrected chi connectivity index (χ1v) is 6.98. The summed E-state index contributed by atoms with van der Waals surface area (Å²) in [5.74, 6) is 0.955. The van der Waals surface area contributed by atoms with Gasteiger partial charge in [-0.1, -0.05) is 29.3 Å². The van der Waals surface area contributed by atoms with Crippen LogP contribution >= 0.6 is 15.9 Å². The highest BCUT2D eigenvalue weighted by atomic mass is 79.9. The highest BCUT2D eigenvalue weighted by Gasteiger charge is 2.10. The SMILES string of the molecule is CCCCc1cc(OC)c(CC(C)N)cc1Br. The Balaban J connectivity index is 2.97. The first-order chi connectivity index (χ1) is 8.08. The maximum Gasteiger partial charge on any atom is 0.122 e. The first-order valence-electron chi connectivity index (χ1n) is 6.19. The maximum atomic E-state index is 5.85. The monoisotopic (exact) mass is 299 g/mol. The summed E-state index contributed by atoms with van der Waals surface area (Å²) in [4.78, 5) is 0. The second-order valence-corrected chi connectivity index (χ2v) is 5.39. The molecule has 96 valence electrons. The predicted molar refractivity (Wildman–Crippen MR) is 76.7 cm³/mol. The van der Waals surface area contributed by atoms with Gasteiger partial charge in [0, 0.05) is 10.5 Å². The van der Waals surface area contributed by atoms with Crippen molar-refractivity contribution in [2.75, 3.05) is 7.11 Å². The fraction of sp³-hybridized carbons (Fsp3) is 0.571. The van der Waals surface area contributed by atoms with Crippen LogP contribution in [0.3, 0.4) is 0 Å². The minimum Gasteiger partial charge on any atom is -0.496 e. The number of hydrogen-bond donors (Lipinski definition) is 1. The molecule has 0 saturated heterocycles. The van der Waals surface area contributed by atoms with Crippen LogP contribution in [0.5, 0.6) is 5.75 Å². The summed E-state index contributed by atoms with van der Waals surface area (Å²) >= 11 is 3.63. The topological polar surface area (TPSA) is 35.2 Å². The van der Waals surface area contributed by atoms with E-state index in [1.807, 2.05) is 6.92 Å². The number of hydrogen-bond acceptors (Lipinski definition) is 2. The molecule has 0 radical (unpaired) electrons. The van der Waals surface area contributed by atoms with Gasteiger partial charge in [0.05, 0.1) is 7.11 Å². The molecule has 0 amide bonds. The number of unbranched alkanes of at least 4 members (excludes halogenated alkanes) is 1. The van der Waals surface area contributed by atoms with Crippen LogP contribution < -0.4 is 10.5 Å². The lowest BCUT2D eigenvalue weighted by Crippen LogP contribution is -2.18. The molecule has 0 aliphatic carbocycles. The van der Waals surface area contributed by atoms with Gasteiger partial charge in [-0.05, 0) is 49.4 Å². The van der Waals surface area contributed by atoms with Crippen molar-refractivity contribution in [2.24, 2.45) is 5.73 Å². The molecule has 0 heterocycles. The lowest BCUT2D eigenvalue weighted by atomic mass is 10.0. The van der Waals surface area contributed by atoms with Gasteiger partial charge >= 0.3 is 0 Å². The summed E-state index contributed by atoms with van der Waals surface area (Å²) in [7, 11) is 1.72. The zero-order valence-corrected chi connectivity index (χ0v) is 12.5. The van der Waals surface area contributed by atoms with Crippen molar-refractivity contribution >= 4 is 15.9 Å². The van der Waals surface area contributed by atoms with Gasteiger partial charge in [0.2, 0.25) is 0 Å². The van der Waals surface area contributed by atoms with E-state index in [4.69, 9.17) is 10.5 Å². The van der Waals surface area contributed by atoms with Crippen LogP contribution in [-0.4, -0.2) is 13.2 Å². The van der Waals surface area contributed by atoms with E-state index in [9.17, 15) is 0 Å². The predicted octanol–water partition coefficient (Wildman–Crippen LogP) is 3.69. The third-order valence-electron chi connectivity index (χ3n) is 2.79. The first kappa shape index (κ1) is 14.5. The van der Waals surface area contributed by atoms with Gasteiger partial charge in [0.1, 0.15) is 5.75 Å². The van der Waals surface area contributed by atoms with Crippen LogP contribution in [0, 0.1) is 0 Å². The molecule has 0 aliphatic heterocycles. The van der Waals surface area contributed by atoms with Crippen LogP contribution in [0.25, 0.3) is 0 Å². The molecule has 1 aromatic rings. The van der Waals surface area contributed by atoms with Crippen molar-refractivity contribution in [3.63, 3.8) is 0 Å². The summed E-state index contributed by atoms with van der Waals surface area (Å²) in [6.45, 7) is 4.22. The molecule has 0 saturated carbocycles. The molecule has 2 N–H and O–H groups in total. The minimum absolute atomic E-state index is 0.150. The highest BCUT2D eigenvalue weighted by Crippen LogP contribution is 2.29. The van der Waals surface area contributed by atoms with E-state index in [1.165, 1.54) is 28.4 Å². The van der Waals surface area contributed by atoms with Gasteiger partial charge < -0.3 is 10.5 Å². The number of methoxy groups -OCH3 is 1. The van der Waals surface area contributed by atoms with E-state index in [2.05, 4.69) is 35.0 Å². The molecule has 1 aromatic carbocycles. The van der Waals surface area contributed by atoms with Crippen molar-refractivity contribution in [3.8, 4) is 5.75 Å².